The average Bonchev–Trinajstić information content (AvgIpc) is 2.83. The van der Waals surface area contributed by atoms with Gasteiger partial charge in [0.15, 0.2) is 23.4 Å². The van der Waals surface area contributed by atoms with Crippen molar-refractivity contribution < 1.29 is 28.6 Å². The summed E-state index contributed by atoms with van der Waals surface area (Å²) >= 11 is 0. The van der Waals surface area contributed by atoms with Gasteiger partial charge in [0.25, 0.3) is 5.91 Å². The summed E-state index contributed by atoms with van der Waals surface area (Å²) in [5, 5.41) is 2.66. The minimum Gasteiger partial charge on any atom is -0.493 e. The Morgan fingerprint density at radius 2 is 1.55 bits per heavy atom. The highest BCUT2D eigenvalue weighted by Crippen LogP contribution is 2.29. The van der Waals surface area contributed by atoms with Gasteiger partial charge in [-0.3, -0.25) is 9.59 Å². The third-order valence-electron chi connectivity index (χ3n) is 4.85. The van der Waals surface area contributed by atoms with E-state index in [9.17, 15) is 14.4 Å². The monoisotopic (exact) mass is 447 g/mol. The van der Waals surface area contributed by atoms with Crippen molar-refractivity contribution >= 4 is 23.3 Å². The summed E-state index contributed by atoms with van der Waals surface area (Å²) in [5.74, 6) is -0.367. The number of nitrogens with one attached hydrogen (secondary N) is 1. The fourth-order valence-corrected chi connectivity index (χ4v) is 2.96. The lowest BCUT2D eigenvalue weighted by atomic mass is 10.1. The van der Waals surface area contributed by atoms with Crippen molar-refractivity contribution in [3.05, 3.63) is 89.5 Å². The second kappa shape index (κ2) is 10.9. The lowest BCUT2D eigenvalue weighted by Gasteiger charge is -2.15. The third kappa shape index (κ3) is 6.43. The zero-order valence-corrected chi connectivity index (χ0v) is 18.7. The number of carbonyl (C=O) groups excluding carboxylic acids is 3. The van der Waals surface area contributed by atoms with Crippen LogP contribution >= 0.6 is 0 Å². The lowest BCUT2D eigenvalue weighted by Crippen LogP contribution is -2.30. The molecule has 1 amide bonds. The third-order valence-corrected chi connectivity index (χ3v) is 4.85. The molecule has 0 aromatic heterocycles. The Labute approximate surface area is 192 Å². The molecular weight excluding hydrogens is 422 g/mol. The van der Waals surface area contributed by atoms with Gasteiger partial charge in [0.1, 0.15) is 6.61 Å². The predicted octanol–water partition coefficient (Wildman–Crippen LogP) is 4.66. The van der Waals surface area contributed by atoms with Gasteiger partial charge < -0.3 is 19.5 Å². The summed E-state index contributed by atoms with van der Waals surface area (Å²) in [6.45, 7) is 3.30. The molecule has 0 aliphatic rings. The summed E-state index contributed by atoms with van der Waals surface area (Å²) in [6, 6.07) is 20.8. The Kier molecular flexibility index (Phi) is 7.81. The topological polar surface area (TPSA) is 90.9 Å². The van der Waals surface area contributed by atoms with Crippen molar-refractivity contribution in [1.82, 2.24) is 0 Å². The molecule has 0 fully saturated rings. The Bertz CT molecular complexity index is 1130. The standard InChI is InChI=1S/C26H25NO6/c1-17(28)20-9-12-22(13-10-20)27-25(29)18(2)33-26(30)21-11-14-23(24(15-21)31-3)32-16-19-7-5-4-6-8-19/h4-15,18H,16H2,1-3H3,(H,27,29). The average molecular weight is 447 g/mol. The fourth-order valence-electron chi connectivity index (χ4n) is 2.96. The molecule has 3 rings (SSSR count). The number of anilines is 1. The molecule has 3 aromatic rings. The maximum Gasteiger partial charge on any atom is 0.339 e. The van der Waals surface area contributed by atoms with Gasteiger partial charge in [0, 0.05) is 11.3 Å². The van der Waals surface area contributed by atoms with Crippen molar-refractivity contribution in [2.45, 2.75) is 26.6 Å². The fraction of sp³-hybridized carbons (Fsp3) is 0.192. The van der Waals surface area contributed by atoms with Crippen molar-refractivity contribution in [1.29, 1.82) is 0 Å². The highest BCUT2D eigenvalue weighted by Gasteiger charge is 2.20. The number of carbonyl (C=O) groups is 3. The van der Waals surface area contributed by atoms with Gasteiger partial charge >= 0.3 is 5.97 Å². The minimum atomic E-state index is -1.04. The van der Waals surface area contributed by atoms with Gasteiger partial charge in [-0.2, -0.15) is 0 Å². The van der Waals surface area contributed by atoms with Crippen LogP contribution in [0.25, 0.3) is 0 Å². The van der Waals surface area contributed by atoms with Crippen LogP contribution in [0.5, 0.6) is 11.5 Å². The molecule has 0 saturated heterocycles. The van der Waals surface area contributed by atoms with Crippen LogP contribution in [-0.4, -0.2) is 30.9 Å². The van der Waals surface area contributed by atoms with Gasteiger partial charge in [-0.1, -0.05) is 30.3 Å². The molecule has 170 valence electrons. The minimum absolute atomic E-state index is 0.0675. The van der Waals surface area contributed by atoms with E-state index in [0.29, 0.717) is 29.4 Å². The summed E-state index contributed by atoms with van der Waals surface area (Å²) in [6.07, 6.45) is -1.04. The number of methoxy groups -OCH3 is 1. The second-order valence-electron chi connectivity index (χ2n) is 7.31. The number of hydrogen-bond acceptors (Lipinski definition) is 6. The Balaban J connectivity index is 1.60. The molecule has 7 nitrogen and oxygen atoms in total. The quantitative estimate of drug-likeness (QED) is 0.379. The molecule has 0 saturated carbocycles. The van der Waals surface area contributed by atoms with Crippen LogP contribution in [0.4, 0.5) is 5.69 Å². The summed E-state index contributed by atoms with van der Waals surface area (Å²) in [7, 11) is 1.48. The molecule has 0 bridgehead atoms. The van der Waals surface area contributed by atoms with Crippen LogP contribution in [0.15, 0.2) is 72.8 Å². The van der Waals surface area contributed by atoms with Gasteiger partial charge in [-0.15, -0.1) is 0 Å². The number of rotatable bonds is 9. The van der Waals surface area contributed by atoms with E-state index in [1.807, 2.05) is 30.3 Å². The second-order valence-corrected chi connectivity index (χ2v) is 7.31. The number of ketones is 1. The smallest absolute Gasteiger partial charge is 0.339 e. The number of Topliss-reactive ketones (excluding diaryl/α,β-unsaturated/α-hetero) is 1. The van der Waals surface area contributed by atoms with Gasteiger partial charge in [0.05, 0.1) is 12.7 Å². The molecule has 0 radical (unpaired) electrons. The highest BCUT2D eigenvalue weighted by molar-refractivity contribution is 5.98. The van der Waals surface area contributed by atoms with E-state index in [-0.39, 0.29) is 11.3 Å². The molecule has 1 atom stereocenters. The van der Waals surface area contributed by atoms with Gasteiger partial charge in [-0.05, 0) is 61.9 Å². The molecule has 1 unspecified atom stereocenters. The molecule has 33 heavy (non-hydrogen) atoms. The molecule has 1 N–H and O–H groups in total. The summed E-state index contributed by atoms with van der Waals surface area (Å²) < 4.78 is 16.4. The highest BCUT2D eigenvalue weighted by atomic mass is 16.5. The van der Waals surface area contributed by atoms with Gasteiger partial charge in [-0.25, -0.2) is 4.79 Å². The van der Waals surface area contributed by atoms with Crippen LogP contribution < -0.4 is 14.8 Å². The van der Waals surface area contributed by atoms with E-state index < -0.39 is 18.0 Å². The van der Waals surface area contributed by atoms with Crippen LogP contribution in [0, 0.1) is 0 Å². The molecule has 0 aliphatic carbocycles. The predicted molar refractivity (Wildman–Crippen MR) is 124 cm³/mol. The van der Waals surface area contributed by atoms with Crippen LogP contribution in [0.3, 0.4) is 0 Å². The molecule has 7 heteroatoms. The lowest BCUT2D eigenvalue weighted by molar-refractivity contribution is -0.123. The Hall–Kier alpha value is -4.13. The Morgan fingerprint density at radius 1 is 0.879 bits per heavy atom. The number of hydrogen-bond donors (Lipinski definition) is 1. The number of ether oxygens (including phenoxy) is 3. The van der Waals surface area contributed by atoms with E-state index in [4.69, 9.17) is 14.2 Å². The largest absolute Gasteiger partial charge is 0.493 e. The van der Waals surface area contributed by atoms with Crippen molar-refractivity contribution in [2.24, 2.45) is 0 Å². The molecule has 0 heterocycles. The van der Waals surface area contributed by atoms with Crippen LogP contribution in [0.1, 0.15) is 40.1 Å². The molecule has 3 aromatic carbocycles. The maximum absolute atomic E-state index is 12.6. The van der Waals surface area contributed by atoms with Crippen molar-refractivity contribution in [3.8, 4) is 11.5 Å². The van der Waals surface area contributed by atoms with E-state index >= 15 is 0 Å². The van der Waals surface area contributed by atoms with Crippen LogP contribution in [0.2, 0.25) is 0 Å². The summed E-state index contributed by atoms with van der Waals surface area (Å²) in [5.41, 5.74) is 2.26. The summed E-state index contributed by atoms with van der Waals surface area (Å²) in [4.78, 5) is 36.3. The first-order valence-corrected chi connectivity index (χ1v) is 10.3. The van der Waals surface area contributed by atoms with E-state index in [1.165, 1.54) is 27.0 Å². The molecule has 0 aliphatic heterocycles. The molecule has 0 spiro atoms. The van der Waals surface area contributed by atoms with Crippen LogP contribution in [-0.2, 0) is 16.1 Å². The van der Waals surface area contributed by atoms with Crippen molar-refractivity contribution in [3.63, 3.8) is 0 Å². The van der Waals surface area contributed by atoms with E-state index in [0.717, 1.165) is 5.56 Å². The SMILES string of the molecule is COc1cc(C(=O)OC(C)C(=O)Nc2ccc(C(C)=O)cc2)ccc1OCc1ccccc1. The number of benzene rings is 3. The number of amides is 1. The zero-order chi connectivity index (χ0) is 23.8. The molecular formula is C26H25NO6. The first-order chi connectivity index (χ1) is 15.9. The first kappa shape index (κ1) is 23.5. The maximum atomic E-state index is 12.6. The number of esters is 1. The van der Waals surface area contributed by atoms with Gasteiger partial charge in [0.2, 0.25) is 0 Å². The van der Waals surface area contributed by atoms with E-state index in [2.05, 4.69) is 5.32 Å². The van der Waals surface area contributed by atoms with Crippen molar-refractivity contribution in [2.75, 3.05) is 12.4 Å². The normalized spacial score (nSPS) is 11.2. The Morgan fingerprint density at radius 3 is 2.18 bits per heavy atom. The van der Waals surface area contributed by atoms with E-state index in [1.54, 1.807) is 36.4 Å². The first-order valence-electron chi connectivity index (χ1n) is 10.3. The zero-order valence-electron chi connectivity index (χ0n) is 18.7.